The fraction of sp³-hybridized carbons (Fsp3) is 0.0952. The summed E-state index contributed by atoms with van der Waals surface area (Å²) in [5.41, 5.74) is 11.1. The van der Waals surface area contributed by atoms with Gasteiger partial charge in [-0.25, -0.2) is 4.79 Å². The molecule has 1 aromatic heterocycles. The van der Waals surface area contributed by atoms with Gasteiger partial charge in [0.1, 0.15) is 0 Å². The largest absolute Gasteiger partial charge is 0.398 e. The molecule has 0 unspecified atom stereocenters. The molecule has 0 radical (unpaired) electrons. The molecule has 2 amide bonds. The minimum Gasteiger partial charge on any atom is -0.398 e. The number of hydrogen-bond acceptors (Lipinski definition) is 4. The molecule has 1 aliphatic rings. The maximum absolute atomic E-state index is 12.4. The van der Waals surface area contributed by atoms with Crippen LogP contribution in [-0.2, 0) is 13.1 Å². The number of nitrogens with zero attached hydrogens (tertiary/aromatic N) is 2. The van der Waals surface area contributed by atoms with Crippen LogP contribution in [-0.4, -0.2) is 21.6 Å². The molecule has 2 aromatic carbocycles. The van der Waals surface area contributed by atoms with Crippen molar-refractivity contribution in [3.05, 3.63) is 89.2 Å². The van der Waals surface area contributed by atoms with Crippen LogP contribution in [0.5, 0.6) is 0 Å². The third-order valence-electron chi connectivity index (χ3n) is 4.62. The van der Waals surface area contributed by atoms with E-state index in [-0.39, 0.29) is 6.03 Å². The molecule has 2 heterocycles. The van der Waals surface area contributed by atoms with Crippen molar-refractivity contribution in [2.24, 2.45) is 0 Å². The van der Waals surface area contributed by atoms with E-state index in [1.165, 1.54) is 0 Å². The Morgan fingerprint density at radius 1 is 1.15 bits per heavy atom. The van der Waals surface area contributed by atoms with Crippen LogP contribution in [0.2, 0.25) is 0 Å². The Balaban J connectivity index is 1.64. The number of benzene rings is 2. The van der Waals surface area contributed by atoms with Crippen molar-refractivity contribution in [2.75, 3.05) is 11.1 Å². The van der Waals surface area contributed by atoms with Gasteiger partial charge in [-0.15, -0.1) is 0 Å². The third-order valence-corrected chi connectivity index (χ3v) is 4.62. The monoisotopic (exact) mass is 357 g/mol. The molecule has 4 rings (SSSR count). The number of hydrogen-bond donors (Lipinski definition) is 3. The summed E-state index contributed by atoms with van der Waals surface area (Å²) in [5, 5.41) is 11.4. The second-order valence-corrected chi connectivity index (χ2v) is 6.48. The van der Waals surface area contributed by atoms with Gasteiger partial charge in [-0.3, -0.25) is 10.4 Å². The zero-order chi connectivity index (χ0) is 18.8. The Kier molecular flexibility index (Phi) is 4.30. The fourth-order valence-corrected chi connectivity index (χ4v) is 3.20. The lowest BCUT2D eigenvalue weighted by Crippen LogP contribution is -2.38. The molecule has 27 heavy (non-hydrogen) atoms. The zero-order valence-electron chi connectivity index (χ0n) is 14.6. The number of carbonyl (C=O) groups is 1. The molecule has 0 fully saturated rings. The Hall–Kier alpha value is -3.67. The maximum Gasteiger partial charge on any atom is 0.322 e. The third kappa shape index (κ3) is 3.37. The van der Waals surface area contributed by atoms with E-state index in [4.69, 9.17) is 11.1 Å². The summed E-state index contributed by atoms with van der Waals surface area (Å²) in [7, 11) is 0. The van der Waals surface area contributed by atoms with E-state index < -0.39 is 0 Å². The Morgan fingerprint density at radius 3 is 2.63 bits per heavy atom. The van der Waals surface area contributed by atoms with E-state index in [1.54, 1.807) is 35.5 Å². The lowest BCUT2D eigenvalue weighted by Gasteiger charge is -2.30. The highest BCUT2D eigenvalue weighted by molar-refractivity contribution is 6.14. The SMILES string of the molecule is N=C(c1ccncc1)c1cc2c(cc1N)NC(=O)N(Cc1ccccc1)C2. The first-order valence-electron chi connectivity index (χ1n) is 8.63. The summed E-state index contributed by atoms with van der Waals surface area (Å²) >= 11 is 0. The van der Waals surface area contributed by atoms with Crippen LogP contribution in [0.3, 0.4) is 0 Å². The van der Waals surface area contributed by atoms with Gasteiger partial charge in [-0.1, -0.05) is 30.3 Å². The molecule has 134 valence electrons. The standard InChI is InChI=1S/C21H19N5O/c22-18-11-19-16(10-17(18)20(23)15-6-8-24-9-7-15)13-26(21(27)25-19)12-14-4-2-1-3-5-14/h1-11,23H,12-13,22H2,(H,25,27). The van der Waals surface area contributed by atoms with Crippen molar-refractivity contribution < 1.29 is 4.79 Å². The predicted octanol–water partition coefficient (Wildman–Crippen LogP) is 3.63. The number of fused-ring (bicyclic) bond motifs is 1. The number of amides is 2. The molecule has 4 N–H and O–H groups in total. The minimum atomic E-state index is -0.150. The summed E-state index contributed by atoms with van der Waals surface area (Å²) in [6, 6.07) is 16.9. The lowest BCUT2D eigenvalue weighted by molar-refractivity contribution is 0.204. The topological polar surface area (TPSA) is 95.1 Å². The average molecular weight is 357 g/mol. The molecule has 6 nitrogen and oxygen atoms in total. The van der Waals surface area contributed by atoms with Gasteiger partial charge < -0.3 is 16.0 Å². The van der Waals surface area contributed by atoms with Gasteiger partial charge in [0.05, 0.1) is 5.71 Å². The number of aromatic nitrogens is 1. The van der Waals surface area contributed by atoms with Crippen LogP contribution >= 0.6 is 0 Å². The first-order chi connectivity index (χ1) is 13.1. The number of anilines is 2. The van der Waals surface area contributed by atoms with Gasteiger partial charge >= 0.3 is 6.03 Å². The Bertz CT molecular complexity index is 1000. The average Bonchev–Trinajstić information content (AvgIpc) is 2.69. The first kappa shape index (κ1) is 16.8. The fourth-order valence-electron chi connectivity index (χ4n) is 3.20. The van der Waals surface area contributed by atoms with Gasteiger partial charge in [0, 0.05) is 48.0 Å². The van der Waals surface area contributed by atoms with Crippen molar-refractivity contribution in [3.8, 4) is 0 Å². The van der Waals surface area contributed by atoms with Crippen LogP contribution < -0.4 is 11.1 Å². The molecule has 6 heteroatoms. The van der Waals surface area contributed by atoms with E-state index in [9.17, 15) is 4.79 Å². The molecular formula is C21H19N5O. The van der Waals surface area contributed by atoms with E-state index in [2.05, 4.69) is 10.3 Å². The van der Waals surface area contributed by atoms with Crippen molar-refractivity contribution in [1.29, 1.82) is 5.41 Å². The quantitative estimate of drug-likeness (QED) is 0.491. The number of rotatable bonds is 4. The number of nitrogen functional groups attached to an aromatic ring is 1. The number of nitrogens with one attached hydrogen (secondary N) is 2. The molecule has 1 aliphatic heterocycles. The van der Waals surface area contributed by atoms with E-state index in [1.807, 2.05) is 36.4 Å². The molecule has 3 aromatic rings. The molecule has 0 bridgehead atoms. The van der Waals surface area contributed by atoms with E-state index in [0.29, 0.717) is 35.7 Å². The number of nitrogens with two attached hydrogens (primary N) is 1. The summed E-state index contributed by atoms with van der Waals surface area (Å²) in [6.45, 7) is 0.987. The van der Waals surface area contributed by atoms with Gasteiger partial charge in [-0.05, 0) is 35.4 Å². The highest BCUT2D eigenvalue weighted by Crippen LogP contribution is 2.30. The maximum atomic E-state index is 12.4. The van der Waals surface area contributed by atoms with Gasteiger partial charge in [0.2, 0.25) is 0 Å². The summed E-state index contributed by atoms with van der Waals surface area (Å²) < 4.78 is 0. The van der Waals surface area contributed by atoms with Crippen LogP contribution in [0.15, 0.2) is 67.0 Å². The van der Waals surface area contributed by atoms with Crippen molar-refractivity contribution >= 4 is 23.1 Å². The number of pyridine rings is 1. The van der Waals surface area contributed by atoms with Crippen molar-refractivity contribution in [1.82, 2.24) is 9.88 Å². The minimum absolute atomic E-state index is 0.150. The van der Waals surface area contributed by atoms with Crippen LogP contribution in [0.1, 0.15) is 22.3 Å². The van der Waals surface area contributed by atoms with Crippen LogP contribution in [0.25, 0.3) is 0 Å². The van der Waals surface area contributed by atoms with Gasteiger partial charge in [-0.2, -0.15) is 0 Å². The van der Waals surface area contributed by atoms with Gasteiger partial charge in [0.15, 0.2) is 0 Å². The predicted molar refractivity (Wildman–Crippen MR) is 106 cm³/mol. The highest BCUT2D eigenvalue weighted by Gasteiger charge is 2.24. The van der Waals surface area contributed by atoms with Gasteiger partial charge in [0.25, 0.3) is 0 Å². The second kappa shape index (κ2) is 6.92. The summed E-state index contributed by atoms with van der Waals surface area (Å²) in [6.07, 6.45) is 3.31. The molecule has 0 saturated heterocycles. The smallest absolute Gasteiger partial charge is 0.322 e. The normalized spacial score (nSPS) is 13.0. The summed E-state index contributed by atoms with van der Waals surface area (Å²) in [5.74, 6) is 0. The zero-order valence-corrected chi connectivity index (χ0v) is 14.6. The van der Waals surface area contributed by atoms with E-state index >= 15 is 0 Å². The summed E-state index contributed by atoms with van der Waals surface area (Å²) in [4.78, 5) is 18.2. The second-order valence-electron chi connectivity index (χ2n) is 6.48. The number of urea groups is 1. The number of carbonyl (C=O) groups excluding carboxylic acids is 1. The molecule has 0 atom stereocenters. The highest BCUT2D eigenvalue weighted by atomic mass is 16.2. The first-order valence-corrected chi connectivity index (χ1v) is 8.63. The van der Waals surface area contributed by atoms with Crippen LogP contribution in [0, 0.1) is 5.41 Å². The van der Waals surface area contributed by atoms with Crippen molar-refractivity contribution in [3.63, 3.8) is 0 Å². The van der Waals surface area contributed by atoms with Crippen LogP contribution in [0.4, 0.5) is 16.2 Å². The lowest BCUT2D eigenvalue weighted by atomic mass is 9.97. The Labute approximate surface area is 157 Å². The molecule has 0 saturated carbocycles. The molecular weight excluding hydrogens is 338 g/mol. The molecule has 0 spiro atoms. The van der Waals surface area contributed by atoms with E-state index in [0.717, 1.165) is 16.7 Å². The Morgan fingerprint density at radius 2 is 1.89 bits per heavy atom. The van der Waals surface area contributed by atoms with Crippen molar-refractivity contribution in [2.45, 2.75) is 13.1 Å². The molecule has 0 aliphatic carbocycles.